The molecule has 0 aliphatic carbocycles. The van der Waals surface area contributed by atoms with Gasteiger partial charge < -0.3 is 23.7 Å². The van der Waals surface area contributed by atoms with E-state index in [1.165, 1.54) is 30.6 Å². The number of rotatable bonds is 16. The van der Waals surface area contributed by atoms with Crippen molar-refractivity contribution in [3.05, 3.63) is 115 Å². The van der Waals surface area contributed by atoms with E-state index in [0.29, 0.717) is 51.9 Å². The number of hydrogen-bond donors (Lipinski definition) is 0. The van der Waals surface area contributed by atoms with Crippen LogP contribution in [0.3, 0.4) is 0 Å². The van der Waals surface area contributed by atoms with E-state index in [1.54, 1.807) is 43.7 Å². The molecule has 1 aromatic heterocycles. The Morgan fingerprint density at radius 2 is 1.52 bits per heavy atom. The predicted molar refractivity (Wildman–Crippen MR) is 187 cm³/mol. The van der Waals surface area contributed by atoms with Gasteiger partial charge in [0.05, 0.1) is 42.2 Å². The molecule has 1 atom stereocenters. The van der Waals surface area contributed by atoms with E-state index < -0.39 is 12.0 Å². The second-order valence-electron chi connectivity index (χ2n) is 11.2. The molecule has 10 heteroatoms. The van der Waals surface area contributed by atoms with Gasteiger partial charge in [-0.1, -0.05) is 67.9 Å². The van der Waals surface area contributed by atoms with Gasteiger partial charge in [-0.3, -0.25) is 9.36 Å². The van der Waals surface area contributed by atoms with Gasteiger partial charge in [0, 0.05) is 5.56 Å². The Morgan fingerprint density at radius 3 is 2.21 bits per heavy atom. The summed E-state index contributed by atoms with van der Waals surface area (Å²) in [6.45, 7) is 7.28. The Balaban J connectivity index is 1.32. The number of carbonyl (C=O) groups excluding carboxylic acids is 1. The van der Waals surface area contributed by atoms with Crippen LogP contribution in [0.2, 0.25) is 0 Å². The second kappa shape index (κ2) is 16.8. The molecule has 0 saturated carbocycles. The summed E-state index contributed by atoms with van der Waals surface area (Å²) in [6, 6.07) is 21.7. The SMILES string of the molecule is CCCCCCOc1ccc(OCCOc2ccccc2/C=c2\sc3n(c2=O)C(c2ccc(OC)cc2)C(C(=O)OCC)=C(C)N=3)cc1. The zero-order valence-corrected chi connectivity index (χ0v) is 28.7. The van der Waals surface area contributed by atoms with Gasteiger partial charge in [0.2, 0.25) is 0 Å². The maximum absolute atomic E-state index is 14.0. The fourth-order valence-corrected chi connectivity index (χ4v) is 6.47. The molecule has 0 bridgehead atoms. The number of benzene rings is 3. The van der Waals surface area contributed by atoms with Gasteiger partial charge in [0.15, 0.2) is 4.80 Å². The number of aromatic nitrogens is 1. The number of thiazole rings is 1. The molecule has 1 aliphatic heterocycles. The van der Waals surface area contributed by atoms with Gasteiger partial charge in [-0.05, 0) is 74.4 Å². The number of allylic oxidation sites excluding steroid dienone is 1. The van der Waals surface area contributed by atoms with E-state index in [2.05, 4.69) is 11.9 Å². The van der Waals surface area contributed by atoms with Crippen LogP contribution in [-0.2, 0) is 9.53 Å². The zero-order chi connectivity index (χ0) is 33.9. The topological polar surface area (TPSA) is 97.6 Å². The van der Waals surface area contributed by atoms with Crippen molar-refractivity contribution in [1.82, 2.24) is 4.57 Å². The highest BCUT2D eigenvalue weighted by Crippen LogP contribution is 2.31. The van der Waals surface area contributed by atoms with Gasteiger partial charge in [-0.25, -0.2) is 9.79 Å². The first-order valence-corrected chi connectivity index (χ1v) is 17.2. The lowest BCUT2D eigenvalue weighted by molar-refractivity contribution is -0.139. The first-order chi connectivity index (χ1) is 23.4. The molecular weight excluding hydrogens is 628 g/mol. The minimum absolute atomic E-state index is 0.206. The Kier molecular flexibility index (Phi) is 12.1. The van der Waals surface area contributed by atoms with E-state index in [0.717, 1.165) is 29.0 Å². The molecule has 48 heavy (non-hydrogen) atoms. The maximum atomic E-state index is 14.0. The standard InChI is InChI=1S/C38H42N2O7S/c1-5-7-8-11-22-45-30-18-20-31(21-19-30)46-23-24-47-32-13-10-9-12-28(32)25-33-36(41)40-35(27-14-16-29(43-4)17-15-27)34(37(42)44-6-2)26(3)39-38(40)48-33/h9-10,12-21,25,35H,5-8,11,22-24H2,1-4H3/b33-25-. The molecule has 4 aromatic rings. The van der Waals surface area contributed by atoms with Crippen LogP contribution >= 0.6 is 11.3 Å². The average molecular weight is 671 g/mol. The summed E-state index contributed by atoms with van der Waals surface area (Å²) < 4.78 is 30.6. The van der Waals surface area contributed by atoms with Crippen LogP contribution in [-0.4, -0.2) is 44.1 Å². The van der Waals surface area contributed by atoms with Gasteiger partial charge in [-0.15, -0.1) is 0 Å². The van der Waals surface area contributed by atoms with Crippen LogP contribution < -0.4 is 33.8 Å². The normalized spacial score (nSPS) is 14.2. The number of ether oxygens (including phenoxy) is 5. The number of esters is 1. The summed E-state index contributed by atoms with van der Waals surface area (Å²) in [5, 5.41) is 0. The third-order valence-electron chi connectivity index (χ3n) is 7.85. The molecule has 3 aromatic carbocycles. The Bertz CT molecular complexity index is 1890. The molecule has 0 N–H and O–H groups in total. The Labute approximate surface area is 284 Å². The van der Waals surface area contributed by atoms with Crippen LogP contribution in [0.5, 0.6) is 23.0 Å². The number of hydrogen-bond acceptors (Lipinski definition) is 9. The zero-order valence-electron chi connectivity index (χ0n) is 27.9. The minimum atomic E-state index is -0.705. The number of para-hydroxylation sites is 1. The molecule has 0 radical (unpaired) electrons. The van der Waals surface area contributed by atoms with E-state index in [4.69, 9.17) is 23.7 Å². The van der Waals surface area contributed by atoms with E-state index in [-0.39, 0.29) is 12.2 Å². The second-order valence-corrected chi connectivity index (χ2v) is 12.2. The van der Waals surface area contributed by atoms with Crippen LogP contribution in [0.4, 0.5) is 0 Å². The van der Waals surface area contributed by atoms with Crippen LogP contribution in [0.15, 0.2) is 93.9 Å². The van der Waals surface area contributed by atoms with Gasteiger partial charge in [0.25, 0.3) is 5.56 Å². The number of methoxy groups -OCH3 is 1. The lowest BCUT2D eigenvalue weighted by Gasteiger charge is -2.24. The van der Waals surface area contributed by atoms with E-state index >= 15 is 0 Å². The van der Waals surface area contributed by atoms with Crippen molar-refractivity contribution in [3.63, 3.8) is 0 Å². The van der Waals surface area contributed by atoms with Crippen molar-refractivity contribution >= 4 is 23.4 Å². The third-order valence-corrected chi connectivity index (χ3v) is 8.84. The van der Waals surface area contributed by atoms with E-state index in [9.17, 15) is 9.59 Å². The van der Waals surface area contributed by atoms with Crippen LogP contribution in [0.1, 0.15) is 63.6 Å². The fraction of sp³-hybridized carbons (Fsp3) is 0.342. The molecule has 0 saturated heterocycles. The lowest BCUT2D eigenvalue weighted by Crippen LogP contribution is -2.39. The number of fused-ring (bicyclic) bond motifs is 1. The molecular formula is C38H42N2O7S. The van der Waals surface area contributed by atoms with Crippen LogP contribution in [0.25, 0.3) is 6.08 Å². The van der Waals surface area contributed by atoms with Crippen molar-refractivity contribution in [1.29, 1.82) is 0 Å². The Morgan fingerprint density at radius 1 is 0.854 bits per heavy atom. The first kappa shape index (κ1) is 34.5. The summed E-state index contributed by atoms with van der Waals surface area (Å²) >= 11 is 1.26. The first-order valence-electron chi connectivity index (χ1n) is 16.3. The molecule has 0 fully saturated rings. The molecule has 9 nitrogen and oxygen atoms in total. The molecule has 5 rings (SSSR count). The van der Waals surface area contributed by atoms with Gasteiger partial charge in [-0.2, -0.15) is 0 Å². The molecule has 0 amide bonds. The van der Waals surface area contributed by atoms with Crippen molar-refractivity contribution in [2.45, 2.75) is 52.5 Å². The molecule has 252 valence electrons. The Hall–Kier alpha value is -4.83. The van der Waals surface area contributed by atoms with Crippen molar-refractivity contribution in [2.75, 3.05) is 33.5 Å². The maximum Gasteiger partial charge on any atom is 0.338 e. The predicted octanol–water partition coefficient (Wildman–Crippen LogP) is 6.22. The number of carbonyl (C=O) groups is 1. The van der Waals surface area contributed by atoms with Crippen molar-refractivity contribution < 1.29 is 28.5 Å². The lowest BCUT2D eigenvalue weighted by atomic mass is 9.96. The summed E-state index contributed by atoms with van der Waals surface area (Å²) in [6.07, 6.45) is 6.47. The quantitative estimate of drug-likeness (QED) is 0.103. The molecule has 2 heterocycles. The van der Waals surface area contributed by atoms with Gasteiger partial charge in [0.1, 0.15) is 36.2 Å². The molecule has 1 aliphatic rings. The summed E-state index contributed by atoms with van der Waals surface area (Å²) in [4.78, 5) is 32.3. The number of nitrogens with zero attached hydrogens (tertiary/aromatic N) is 2. The largest absolute Gasteiger partial charge is 0.497 e. The highest BCUT2D eigenvalue weighted by atomic mass is 32.1. The highest BCUT2D eigenvalue weighted by Gasteiger charge is 2.33. The van der Waals surface area contributed by atoms with E-state index in [1.807, 2.05) is 60.7 Å². The minimum Gasteiger partial charge on any atom is -0.497 e. The average Bonchev–Trinajstić information content (AvgIpc) is 3.40. The van der Waals surface area contributed by atoms with Crippen molar-refractivity contribution in [2.24, 2.45) is 4.99 Å². The third kappa shape index (κ3) is 8.36. The molecule has 1 unspecified atom stereocenters. The highest BCUT2D eigenvalue weighted by molar-refractivity contribution is 7.07. The molecule has 0 spiro atoms. The van der Waals surface area contributed by atoms with Crippen molar-refractivity contribution in [3.8, 4) is 23.0 Å². The monoisotopic (exact) mass is 670 g/mol. The van der Waals surface area contributed by atoms with Crippen LogP contribution in [0, 0.1) is 0 Å². The van der Waals surface area contributed by atoms with Gasteiger partial charge >= 0.3 is 5.97 Å². The smallest absolute Gasteiger partial charge is 0.338 e. The summed E-state index contributed by atoms with van der Waals surface area (Å²) in [5.74, 6) is 2.35. The summed E-state index contributed by atoms with van der Waals surface area (Å²) in [5.41, 5.74) is 2.06. The fourth-order valence-electron chi connectivity index (χ4n) is 5.43. The summed E-state index contributed by atoms with van der Waals surface area (Å²) in [7, 11) is 1.59. The number of unbranched alkanes of at least 4 members (excludes halogenated alkanes) is 3.